The third-order valence-corrected chi connectivity index (χ3v) is 4.75. The van der Waals surface area contributed by atoms with Crippen LogP contribution >= 0.6 is 0 Å². The van der Waals surface area contributed by atoms with Crippen molar-refractivity contribution in [2.75, 3.05) is 19.0 Å². The van der Waals surface area contributed by atoms with Gasteiger partial charge in [-0.3, -0.25) is 0 Å². The van der Waals surface area contributed by atoms with Crippen LogP contribution in [0.15, 0.2) is 49.2 Å². The standard InChI is InChI=1S/C13H18N2O.C8H11NO2/c1-8-5-10-7-14-12(16-2)6-11(10)15-13(8)9-3-4-9;1-3-5-7(4-2)6-11-8(9)10/h6-9,13,15H,3-5H2,1-2H3;3-5H,1-2,6H2,(H2,9,10)/b;7-5+/t8?,13-;/m1./s1. The van der Waals surface area contributed by atoms with Crippen molar-refractivity contribution in [3.8, 4) is 5.88 Å². The Morgan fingerprint density at radius 3 is 2.74 bits per heavy atom. The Bertz CT molecular complexity index is 711. The predicted molar refractivity (Wildman–Crippen MR) is 108 cm³/mol. The maximum Gasteiger partial charge on any atom is 0.404 e. The van der Waals surface area contributed by atoms with E-state index in [1.165, 1.54) is 24.1 Å². The van der Waals surface area contributed by atoms with Crippen molar-refractivity contribution in [3.63, 3.8) is 0 Å². The van der Waals surface area contributed by atoms with E-state index in [0.29, 0.717) is 11.9 Å². The van der Waals surface area contributed by atoms with E-state index in [4.69, 9.17) is 10.5 Å². The largest absolute Gasteiger partial charge is 0.481 e. The molecule has 2 atom stereocenters. The van der Waals surface area contributed by atoms with E-state index in [9.17, 15) is 4.79 Å². The zero-order chi connectivity index (χ0) is 19.8. The molecule has 1 aromatic heterocycles. The molecule has 0 spiro atoms. The van der Waals surface area contributed by atoms with Crippen LogP contribution in [0.5, 0.6) is 5.88 Å². The lowest BCUT2D eigenvalue weighted by molar-refractivity contribution is 0.167. The van der Waals surface area contributed by atoms with Crippen molar-refractivity contribution in [3.05, 3.63) is 54.8 Å². The number of nitrogens with one attached hydrogen (secondary N) is 1. The van der Waals surface area contributed by atoms with Crippen LogP contribution < -0.4 is 15.8 Å². The fraction of sp³-hybridized carbons (Fsp3) is 0.429. The quantitative estimate of drug-likeness (QED) is 0.742. The zero-order valence-electron chi connectivity index (χ0n) is 16.1. The van der Waals surface area contributed by atoms with Crippen LogP contribution in [0.4, 0.5) is 10.5 Å². The number of hydrogen-bond donors (Lipinski definition) is 2. The summed E-state index contributed by atoms with van der Waals surface area (Å²) in [5.41, 5.74) is 8.05. The highest BCUT2D eigenvalue weighted by Crippen LogP contribution is 2.41. The van der Waals surface area contributed by atoms with Gasteiger partial charge in [-0.05, 0) is 42.2 Å². The van der Waals surface area contributed by atoms with Crippen molar-refractivity contribution < 1.29 is 14.3 Å². The first-order chi connectivity index (χ1) is 13.0. The molecule has 0 aromatic carbocycles. The highest BCUT2D eigenvalue weighted by atomic mass is 16.5. The van der Waals surface area contributed by atoms with E-state index in [1.54, 1.807) is 25.3 Å². The van der Waals surface area contributed by atoms with E-state index in [1.807, 2.05) is 12.3 Å². The second-order valence-corrected chi connectivity index (χ2v) is 6.86. The number of carbonyl (C=O) groups is 1. The molecule has 1 aliphatic heterocycles. The first-order valence-electron chi connectivity index (χ1n) is 9.14. The van der Waals surface area contributed by atoms with Crippen LogP contribution in [0.2, 0.25) is 0 Å². The predicted octanol–water partition coefficient (Wildman–Crippen LogP) is 3.85. The van der Waals surface area contributed by atoms with Crippen LogP contribution in [0, 0.1) is 11.8 Å². The number of hydrogen-bond acceptors (Lipinski definition) is 5. The number of nitrogens with two attached hydrogens (primary N) is 1. The van der Waals surface area contributed by atoms with Gasteiger partial charge in [0.25, 0.3) is 0 Å². The van der Waals surface area contributed by atoms with Gasteiger partial charge in [-0.2, -0.15) is 0 Å². The van der Waals surface area contributed by atoms with Gasteiger partial charge in [0.15, 0.2) is 0 Å². The number of methoxy groups -OCH3 is 1. The van der Waals surface area contributed by atoms with E-state index in [0.717, 1.165) is 23.8 Å². The molecule has 0 bridgehead atoms. The van der Waals surface area contributed by atoms with E-state index in [-0.39, 0.29) is 6.61 Å². The molecule has 6 heteroatoms. The van der Waals surface area contributed by atoms with Gasteiger partial charge in [0.2, 0.25) is 5.88 Å². The van der Waals surface area contributed by atoms with Crippen LogP contribution in [-0.4, -0.2) is 30.8 Å². The molecule has 1 fully saturated rings. The summed E-state index contributed by atoms with van der Waals surface area (Å²) in [6, 6.07) is 2.68. The minimum absolute atomic E-state index is 0.144. The minimum Gasteiger partial charge on any atom is -0.481 e. The summed E-state index contributed by atoms with van der Waals surface area (Å²) in [6.45, 7) is 9.47. The van der Waals surface area contributed by atoms with Crippen molar-refractivity contribution in [1.82, 2.24) is 4.98 Å². The number of primary amides is 1. The Kier molecular flexibility index (Phi) is 7.46. The van der Waals surface area contributed by atoms with Crippen LogP contribution in [0.3, 0.4) is 0 Å². The summed E-state index contributed by atoms with van der Waals surface area (Å²) in [7, 11) is 1.67. The van der Waals surface area contributed by atoms with E-state index < -0.39 is 6.09 Å². The maximum atomic E-state index is 10.1. The molecule has 0 radical (unpaired) electrons. The summed E-state index contributed by atoms with van der Waals surface area (Å²) >= 11 is 0. The van der Waals surface area contributed by atoms with Crippen LogP contribution in [-0.2, 0) is 11.2 Å². The van der Waals surface area contributed by atoms with Crippen molar-refractivity contribution in [1.29, 1.82) is 0 Å². The van der Waals surface area contributed by atoms with Gasteiger partial charge >= 0.3 is 6.09 Å². The Morgan fingerprint density at radius 1 is 1.44 bits per heavy atom. The monoisotopic (exact) mass is 371 g/mol. The molecule has 27 heavy (non-hydrogen) atoms. The lowest BCUT2D eigenvalue weighted by atomic mass is 9.87. The van der Waals surface area contributed by atoms with Gasteiger partial charge < -0.3 is 20.5 Å². The molecule has 6 nitrogen and oxygen atoms in total. The zero-order valence-corrected chi connectivity index (χ0v) is 16.1. The molecule has 1 aromatic rings. The highest BCUT2D eigenvalue weighted by Gasteiger charge is 2.37. The number of carbonyl (C=O) groups excluding carboxylic acids is 1. The number of rotatable bonds is 6. The van der Waals surface area contributed by atoms with Crippen LogP contribution in [0.1, 0.15) is 25.3 Å². The third-order valence-electron chi connectivity index (χ3n) is 4.75. The number of nitrogens with zero attached hydrogens (tertiary/aromatic N) is 1. The topological polar surface area (TPSA) is 86.5 Å². The molecule has 146 valence electrons. The minimum atomic E-state index is -0.790. The lowest BCUT2D eigenvalue weighted by Gasteiger charge is -2.32. The normalized spacial score (nSPS) is 20.9. The highest BCUT2D eigenvalue weighted by molar-refractivity contribution is 5.64. The molecule has 1 saturated carbocycles. The number of allylic oxidation sites excluding steroid dienone is 2. The Morgan fingerprint density at radius 2 is 2.19 bits per heavy atom. The average molecular weight is 371 g/mol. The number of aromatic nitrogens is 1. The van der Waals surface area contributed by atoms with Gasteiger partial charge in [-0.1, -0.05) is 38.3 Å². The van der Waals surface area contributed by atoms with Crippen molar-refractivity contribution in [2.24, 2.45) is 17.6 Å². The fourth-order valence-electron chi connectivity index (χ4n) is 3.19. The molecule has 3 N–H and O–H groups in total. The van der Waals surface area contributed by atoms with E-state index >= 15 is 0 Å². The second-order valence-electron chi connectivity index (χ2n) is 6.86. The SMILES string of the molecule is C=C/C=C(\C=C)COC(N)=O.COc1cc2c(cn1)CC(C)[C@H](C1CC1)N2. The maximum absolute atomic E-state index is 10.1. The fourth-order valence-corrected chi connectivity index (χ4v) is 3.19. The molecule has 2 heterocycles. The van der Waals surface area contributed by atoms with Gasteiger partial charge in [-0.25, -0.2) is 9.78 Å². The lowest BCUT2D eigenvalue weighted by Crippen LogP contribution is -2.35. The van der Waals surface area contributed by atoms with Gasteiger partial charge in [0, 0.05) is 24.0 Å². The summed E-state index contributed by atoms with van der Waals surface area (Å²) < 4.78 is 9.67. The number of ether oxygens (including phenoxy) is 2. The Labute approximate surface area is 161 Å². The molecule has 2 aliphatic rings. The Hall–Kier alpha value is -2.76. The van der Waals surface area contributed by atoms with Crippen LogP contribution in [0.25, 0.3) is 0 Å². The summed E-state index contributed by atoms with van der Waals surface area (Å²) in [5, 5.41) is 3.66. The summed E-state index contributed by atoms with van der Waals surface area (Å²) in [4.78, 5) is 14.4. The molecule has 1 unspecified atom stereocenters. The van der Waals surface area contributed by atoms with E-state index in [2.05, 4.69) is 35.1 Å². The smallest absolute Gasteiger partial charge is 0.404 e. The molecule has 0 saturated heterocycles. The summed E-state index contributed by atoms with van der Waals surface area (Å²) in [6.07, 6.45) is 9.92. The Balaban J connectivity index is 0.000000211. The molecule has 3 rings (SSSR count). The number of fused-ring (bicyclic) bond motifs is 1. The summed E-state index contributed by atoms with van der Waals surface area (Å²) in [5.74, 6) is 2.31. The average Bonchev–Trinajstić information content (AvgIpc) is 3.49. The first kappa shape index (κ1) is 20.6. The number of anilines is 1. The van der Waals surface area contributed by atoms with Gasteiger partial charge in [-0.15, -0.1) is 0 Å². The van der Waals surface area contributed by atoms with Crippen molar-refractivity contribution >= 4 is 11.8 Å². The third kappa shape index (κ3) is 6.16. The molecular formula is C21H29N3O3. The van der Waals surface area contributed by atoms with Crippen molar-refractivity contribution in [2.45, 2.75) is 32.2 Å². The van der Waals surface area contributed by atoms with Gasteiger partial charge in [0.1, 0.15) is 6.61 Å². The second kappa shape index (κ2) is 9.80. The number of amides is 1. The van der Waals surface area contributed by atoms with Gasteiger partial charge in [0.05, 0.1) is 7.11 Å². The molecule has 1 aliphatic carbocycles. The molecular weight excluding hydrogens is 342 g/mol. The number of pyridine rings is 1. The first-order valence-corrected chi connectivity index (χ1v) is 9.14. The molecule has 1 amide bonds.